The quantitative estimate of drug-likeness (QED) is 0.729. The summed E-state index contributed by atoms with van der Waals surface area (Å²) < 4.78 is 0. The third kappa shape index (κ3) is 2.47. The van der Waals surface area contributed by atoms with Crippen LogP contribution in [0.4, 0.5) is 0 Å². The second kappa shape index (κ2) is 4.85. The lowest BCUT2D eigenvalue weighted by atomic mass is 10.2. The fourth-order valence-corrected chi connectivity index (χ4v) is 1.73. The van der Waals surface area contributed by atoms with E-state index < -0.39 is 0 Å². The molecule has 1 rings (SSSR count). The van der Waals surface area contributed by atoms with E-state index in [1.165, 1.54) is 6.42 Å². The molecular weight excluding hydrogens is 174 g/mol. The van der Waals surface area contributed by atoms with Gasteiger partial charge in [-0.15, -0.1) is 0 Å². The van der Waals surface area contributed by atoms with E-state index in [1.807, 2.05) is 6.92 Å². The van der Waals surface area contributed by atoms with Gasteiger partial charge >= 0.3 is 0 Å². The van der Waals surface area contributed by atoms with E-state index in [4.69, 9.17) is 16.7 Å². The van der Waals surface area contributed by atoms with Crippen LogP contribution in [-0.2, 0) is 0 Å². The molecule has 0 aliphatic carbocycles. The van der Waals surface area contributed by atoms with Crippen molar-refractivity contribution in [3.63, 3.8) is 0 Å². The van der Waals surface area contributed by atoms with Crippen LogP contribution in [0.3, 0.4) is 0 Å². The number of likely N-dealkylation sites (tertiary alicyclic amines) is 1. The molecule has 1 heterocycles. The third-order valence-electron chi connectivity index (χ3n) is 2.35. The fourth-order valence-electron chi connectivity index (χ4n) is 1.66. The molecule has 3 heteroatoms. The summed E-state index contributed by atoms with van der Waals surface area (Å²) in [7, 11) is 0. The van der Waals surface area contributed by atoms with Crippen molar-refractivity contribution in [3.05, 3.63) is 11.1 Å². The maximum Gasteiger partial charge on any atom is 0.0587 e. The molecule has 0 unspecified atom stereocenters. The summed E-state index contributed by atoms with van der Waals surface area (Å²) in [6.07, 6.45) is 2.31. The number of halogens is 1. The molecule has 0 spiro atoms. The van der Waals surface area contributed by atoms with Crippen LogP contribution in [0.1, 0.15) is 19.8 Å². The molecule has 1 N–H and O–H groups in total. The van der Waals surface area contributed by atoms with E-state index in [0.29, 0.717) is 6.04 Å². The summed E-state index contributed by atoms with van der Waals surface area (Å²) in [6, 6.07) is 0.358. The van der Waals surface area contributed by atoms with E-state index in [1.54, 1.807) is 5.54 Å². The molecule has 2 nitrogen and oxygen atoms in total. The first-order chi connectivity index (χ1) is 5.77. The minimum absolute atomic E-state index is 0.273. The van der Waals surface area contributed by atoms with E-state index in [2.05, 4.69) is 4.90 Å². The predicted molar refractivity (Wildman–Crippen MR) is 51.3 cm³/mol. The van der Waals surface area contributed by atoms with Crippen LogP contribution >= 0.6 is 11.6 Å². The molecular formula is C9H16ClNO. The minimum atomic E-state index is 0.273. The molecule has 0 aromatic rings. The van der Waals surface area contributed by atoms with Gasteiger partial charge in [0.2, 0.25) is 0 Å². The Morgan fingerprint density at radius 2 is 2.50 bits per heavy atom. The van der Waals surface area contributed by atoms with E-state index in [9.17, 15) is 0 Å². The highest BCUT2D eigenvalue weighted by atomic mass is 35.5. The fraction of sp³-hybridized carbons (Fsp3) is 0.778. The number of rotatable bonds is 3. The molecule has 0 radical (unpaired) electrons. The Morgan fingerprint density at radius 3 is 3.08 bits per heavy atom. The van der Waals surface area contributed by atoms with Gasteiger partial charge in [-0.05, 0) is 31.9 Å². The van der Waals surface area contributed by atoms with Gasteiger partial charge in [0.25, 0.3) is 0 Å². The Labute approximate surface area is 78.8 Å². The van der Waals surface area contributed by atoms with Crippen molar-refractivity contribution in [2.45, 2.75) is 25.8 Å². The minimum Gasteiger partial charge on any atom is -0.395 e. The molecule has 0 aromatic carbocycles. The van der Waals surface area contributed by atoms with Gasteiger partial charge in [-0.2, -0.15) is 0 Å². The lowest BCUT2D eigenvalue weighted by molar-refractivity contribution is 0.167. The average molecular weight is 190 g/mol. The van der Waals surface area contributed by atoms with Crippen molar-refractivity contribution in [3.8, 4) is 0 Å². The van der Waals surface area contributed by atoms with Crippen LogP contribution in [0.25, 0.3) is 0 Å². The summed E-state index contributed by atoms with van der Waals surface area (Å²) in [5.41, 5.74) is 2.78. The number of nitrogens with zero attached hydrogens (tertiary/aromatic N) is 1. The molecule has 70 valence electrons. The van der Waals surface area contributed by atoms with Gasteiger partial charge in [-0.1, -0.05) is 11.6 Å². The molecule has 1 atom stereocenters. The summed E-state index contributed by atoms with van der Waals surface area (Å²) in [5.74, 6) is 0. The smallest absolute Gasteiger partial charge is 0.0587 e. The topological polar surface area (TPSA) is 23.5 Å². The molecule has 0 amide bonds. The zero-order valence-corrected chi connectivity index (χ0v) is 8.22. The van der Waals surface area contributed by atoms with Crippen LogP contribution in [0.5, 0.6) is 0 Å². The van der Waals surface area contributed by atoms with Crippen LogP contribution in [0.15, 0.2) is 11.1 Å². The summed E-state index contributed by atoms with van der Waals surface area (Å²) >= 11 is 5.57. The molecule has 1 aliphatic rings. The SMILES string of the molecule is CC(=CCl)CN1CCC[C@H]1CO. The Balaban J connectivity index is 2.40. The van der Waals surface area contributed by atoms with Gasteiger partial charge in [0, 0.05) is 18.1 Å². The van der Waals surface area contributed by atoms with Crippen LogP contribution < -0.4 is 0 Å². The van der Waals surface area contributed by atoms with Crippen LogP contribution in [-0.4, -0.2) is 35.7 Å². The maximum atomic E-state index is 9.03. The molecule has 1 saturated heterocycles. The van der Waals surface area contributed by atoms with Crippen molar-refractivity contribution in [2.75, 3.05) is 19.7 Å². The monoisotopic (exact) mass is 189 g/mol. The average Bonchev–Trinajstić information content (AvgIpc) is 2.51. The number of hydrogen-bond donors (Lipinski definition) is 1. The zero-order chi connectivity index (χ0) is 8.97. The van der Waals surface area contributed by atoms with Gasteiger partial charge in [-0.3, -0.25) is 4.90 Å². The summed E-state index contributed by atoms with van der Waals surface area (Å²) in [6.45, 7) is 4.28. The highest BCUT2D eigenvalue weighted by Gasteiger charge is 2.22. The van der Waals surface area contributed by atoms with Gasteiger partial charge in [-0.25, -0.2) is 0 Å². The van der Waals surface area contributed by atoms with Crippen molar-refractivity contribution >= 4 is 11.6 Å². The highest BCUT2D eigenvalue weighted by molar-refractivity contribution is 6.25. The second-order valence-electron chi connectivity index (χ2n) is 3.40. The lowest BCUT2D eigenvalue weighted by Gasteiger charge is -2.22. The molecule has 0 saturated carbocycles. The van der Waals surface area contributed by atoms with Gasteiger partial charge in [0.1, 0.15) is 0 Å². The maximum absolute atomic E-state index is 9.03. The van der Waals surface area contributed by atoms with Crippen LogP contribution in [0.2, 0.25) is 0 Å². The largest absolute Gasteiger partial charge is 0.395 e. The predicted octanol–water partition coefficient (Wildman–Crippen LogP) is 1.59. The van der Waals surface area contributed by atoms with Crippen molar-refractivity contribution in [2.24, 2.45) is 0 Å². The molecule has 0 bridgehead atoms. The zero-order valence-electron chi connectivity index (χ0n) is 7.46. The third-order valence-corrected chi connectivity index (χ3v) is 2.72. The van der Waals surface area contributed by atoms with Crippen molar-refractivity contribution < 1.29 is 5.11 Å². The molecule has 1 aliphatic heterocycles. The van der Waals surface area contributed by atoms with Crippen molar-refractivity contribution in [1.82, 2.24) is 4.90 Å². The first kappa shape index (κ1) is 10.0. The first-order valence-electron chi connectivity index (χ1n) is 4.38. The number of hydrogen-bond acceptors (Lipinski definition) is 2. The highest BCUT2D eigenvalue weighted by Crippen LogP contribution is 2.17. The Bertz CT molecular complexity index is 170. The first-order valence-corrected chi connectivity index (χ1v) is 4.82. The normalized spacial score (nSPS) is 26.6. The summed E-state index contributed by atoms with van der Waals surface area (Å²) in [5, 5.41) is 9.03. The van der Waals surface area contributed by atoms with Gasteiger partial charge < -0.3 is 5.11 Å². The van der Waals surface area contributed by atoms with Gasteiger partial charge in [0.05, 0.1) is 6.61 Å². The van der Waals surface area contributed by atoms with E-state index in [0.717, 1.165) is 25.1 Å². The van der Waals surface area contributed by atoms with E-state index in [-0.39, 0.29) is 6.61 Å². The number of aliphatic hydroxyl groups is 1. The van der Waals surface area contributed by atoms with E-state index >= 15 is 0 Å². The van der Waals surface area contributed by atoms with Crippen molar-refractivity contribution in [1.29, 1.82) is 0 Å². The number of aliphatic hydroxyl groups excluding tert-OH is 1. The summed E-state index contributed by atoms with van der Waals surface area (Å²) in [4.78, 5) is 2.29. The Morgan fingerprint density at radius 1 is 1.75 bits per heavy atom. The molecule has 1 fully saturated rings. The lowest BCUT2D eigenvalue weighted by Crippen LogP contribution is -2.33. The molecule has 12 heavy (non-hydrogen) atoms. The second-order valence-corrected chi connectivity index (χ2v) is 3.62. The van der Waals surface area contributed by atoms with Gasteiger partial charge in [0.15, 0.2) is 0 Å². The van der Waals surface area contributed by atoms with Crippen LogP contribution in [0, 0.1) is 0 Å². The molecule has 0 aromatic heterocycles. The Kier molecular flexibility index (Phi) is 4.06. The Hall–Kier alpha value is -0.0500. The standard InChI is InChI=1S/C9H16ClNO/c1-8(5-10)6-11-4-2-3-9(11)7-12/h5,9,12H,2-4,6-7H2,1H3/t9-/m0/s1.